The summed E-state index contributed by atoms with van der Waals surface area (Å²) < 4.78 is 0. The summed E-state index contributed by atoms with van der Waals surface area (Å²) in [6, 6.07) is 10.5. The second-order valence-electron chi connectivity index (χ2n) is 5.77. The highest BCUT2D eigenvalue weighted by Gasteiger charge is 2.11. The summed E-state index contributed by atoms with van der Waals surface area (Å²) in [6.07, 6.45) is 1.65. The normalized spacial score (nSPS) is 11.0. The Morgan fingerprint density at radius 3 is 2.19 bits per heavy atom. The number of benzene rings is 1. The van der Waals surface area contributed by atoms with Crippen molar-refractivity contribution in [1.82, 2.24) is 4.98 Å². The van der Waals surface area contributed by atoms with Crippen LogP contribution in [0.1, 0.15) is 31.3 Å². The molecule has 0 saturated heterocycles. The zero-order valence-electron chi connectivity index (χ0n) is 12.3. The minimum atomic E-state index is -0.250. The van der Waals surface area contributed by atoms with E-state index >= 15 is 0 Å². The number of carbonyl (C=O) groups is 1. The lowest BCUT2D eigenvalue weighted by atomic mass is 10.1. The van der Waals surface area contributed by atoms with Crippen molar-refractivity contribution in [3.05, 3.63) is 53.3 Å². The van der Waals surface area contributed by atoms with Crippen LogP contribution in [0.2, 0.25) is 5.02 Å². The van der Waals surface area contributed by atoms with Crippen molar-refractivity contribution in [3.8, 4) is 0 Å². The number of nitrogens with one attached hydrogen (secondary N) is 2. The summed E-state index contributed by atoms with van der Waals surface area (Å²) >= 11 is 5.80. The molecule has 0 aliphatic heterocycles. The molecule has 110 valence electrons. The second kappa shape index (κ2) is 6.14. The topological polar surface area (TPSA) is 54.0 Å². The van der Waals surface area contributed by atoms with Gasteiger partial charge in [0.2, 0.25) is 0 Å². The average molecular weight is 304 g/mol. The second-order valence-corrected chi connectivity index (χ2v) is 6.20. The monoisotopic (exact) mass is 303 g/mol. The fourth-order valence-corrected chi connectivity index (χ4v) is 1.89. The Labute approximate surface area is 129 Å². The molecule has 2 aromatic rings. The number of hydrogen-bond acceptors (Lipinski definition) is 3. The first kappa shape index (κ1) is 15.3. The van der Waals surface area contributed by atoms with E-state index in [1.807, 2.05) is 6.07 Å². The van der Waals surface area contributed by atoms with Gasteiger partial charge in [0, 0.05) is 16.2 Å². The van der Waals surface area contributed by atoms with Gasteiger partial charge in [-0.15, -0.1) is 0 Å². The lowest BCUT2D eigenvalue weighted by Gasteiger charge is -2.21. The zero-order chi connectivity index (χ0) is 15.5. The third-order valence-corrected chi connectivity index (χ3v) is 2.87. The fourth-order valence-electron chi connectivity index (χ4n) is 1.76. The highest BCUT2D eigenvalue weighted by atomic mass is 35.5. The van der Waals surface area contributed by atoms with Crippen molar-refractivity contribution >= 4 is 28.9 Å². The predicted octanol–water partition coefficient (Wildman–Crippen LogP) is 4.20. The van der Waals surface area contributed by atoms with E-state index in [4.69, 9.17) is 11.6 Å². The molecule has 1 amide bonds. The zero-order valence-corrected chi connectivity index (χ0v) is 13.0. The lowest BCUT2D eigenvalue weighted by molar-refractivity contribution is 0.102. The largest absolute Gasteiger partial charge is 0.379 e. The minimum Gasteiger partial charge on any atom is -0.379 e. The van der Waals surface area contributed by atoms with Gasteiger partial charge in [-0.05, 0) is 57.2 Å². The van der Waals surface area contributed by atoms with Gasteiger partial charge in [-0.1, -0.05) is 11.6 Å². The molecule has 0 aliphatic carbocycles. The smallest absolute Gasteiger partial charge is 0.274 e. The molecule has 0 aliphatic rings. The van der Waals surface area contributed by atoms with E-state index in [2.05, 4.69) is 36.4 Å². The van der Waals surface area contributed by atoms with Crippen LogP contribution in [-0.2, 0) is 0 Å². The molecular weight excluding hydrogens is 286 g/mol. The fraction of sp³-hybridized carbons (Fsp3) is 0.250. The Morgan fingerprint density at radius 2 is 1.67 bits per heavy atom. The molecule has 2 rings (SSSR count). The summed E-state index contributed by atoms with van der Waals surface area (Å²) in [6.45, 7) is 6.19. The van der Waals surface area contributed by atoms with Gasteiger partial charge in [-0.2, -0.15) is 0 Å². The number of halogens is 1. The molecule has 0 unspecified atom stereocenters. The van der Waals surface area contributed by atoms with Gasteiger partial charge in [0.25, 0.3) is 5.91 Å². The molecule has 2 N–H and O–H groups in total. The van der Waals surface area contributed by atoms with E-state index < -0.39 is 0 Å². The van der Waals surface area contributed by atoms with Gasteiger partial charge in [0.05, 0.1) is 11.9 Å². The number of aromatic nitrogens is 1. The standard InChI is InChI=1S/C16H18ClN3O/c1-16(2,3)20-13-8-9-14(18-10-13)15(21)19-12-6-4-11(17)5-7-12/h4-10,20H,1-3H3,(H,19,21). The number of pyridine rings is 1. The molecule has 0 saturated carbocycles. The summed E-state index contributed by atoms with van der Waals surface area (Å²) in [5.41, 5.74) is 1.88. The van der Waals surface area contributed by atoms with Crippen LogP contribution in [0.5, 0.6) is 0 Å². The van der Waals surface area contributed by atoms with E-state index in [0.717, 1.165) is 5.69 Å². The van der Waals surface area contributed by atoms with E-state index in [9.17, 15) is 4.79 Å². The summed E-state index contributed by atoms with van der Waals surface area (Å²) in [4.78, 5) is 16.2. The van der Waals surface area contributed by atoms with Crippen molar-refractivity contribution < 1.29 is 4.79 Å². The molecule has 0 fully saturated rings. The van der Waals surface area contributed by atoms with Gasteiger partial charge < -0.3 is 10.6 Å². The van der Waals surface area contributed by atoms with Crippen molar-refractivity contribution in [2.45, 2.75) is 26.3 Å². The summed E-state index contributed by atoms with van der Waals surface area (Å²) in [5, 5.41) is 6.70. The summed E-state index contributed by atoms with van der Waals surface area (Å²) in [7, 11) is 0. The van der Waals surface area contributed by atoms with Crippen LogP contribution in [0, 0.1) is 0 Å². The van der Waals surface area contributed by atoms with Gasteiger partial charge >= 0.3 is 0 Å². The van der Waals surface area contributed by atoms with Crippen molar-refractivity contribution in [2.75, 3.05) is 10.6 Å². The van der Waals surface area contributed by atoms with Gasteiger partial charge in [-0.25, -0.2) is 4.98 Å². The van der Waals surface area contributed by atoms with Crippen LogP contribution in [0.4, 0.5) is 11.4 Å². The molecule has 1 aromatic heterocycles. The summed E-state index contributed by atoms with van der Waals surface area (Å²) in [5.74, 6) is -0.250. The molecule has 4 nitrogen and oxygen atoms in total. The highest BCUT2D eigenvalue weighted by Crippen LogP contribution is 2.16. The third-order valence-electron chi connectivity index (χ3n) is 2.62. The van der Waals surface area contributed by atoms with Crippen LogP contribution in [0.3, 0.4) is 0 Å². The number of amides is 1. The number of carbonyl (C=O) groups excluding carboxylic acids is 1. The molecule has 5 heteroatoms. The maximum atomic E-state index is 12.1. The Kier molecular flexibility index (Phi) is 4.48. The average Bonchev–Trinajstić information content (AvgIpc) is 2.40. The van der Waals surface area contributed by atoms with Gasteiger partial charge in [-0.3, -0.25) is 4.79 Å². The molecule has 0 spiro atoms. The number of rotatable bonds is 3. The van der Waals surface area contributed by atoms with Crippen molar-refractivity contribution in [3.63, 3.8) is 0 Å². The third kappa shape index (κ3) is 4.76. The molecule has 21 heavy (non-hydrogen) atoms. The maximum Gasteiger partial charge on any atom is 0.274 e. The SMILES string of the molecule is CC(C)(C)Nc1ccc(C(=O)Nc2ccc(Cl)cc2)nc1. The van der Waals surface area contributed by atoms with Crippen LogP contribution in [0.15, 0.2) is 42.6 Å². The Balaban J connectivity index is 2.04. The number of nitrogens with zero attached hydrogens (tertiary/aromatic N) is 1. The first-order chi connectivity index (χ1) is 9.83. The Hall–Kier alpha value is -2.07. The maximum absolute atomic E-state index is 12.1. The highest BCUT2D eigenvalue weighted by molar-refractivity contribution is 6.30. The van der Waals surface area contributed by atoms with E-state index in [-0.39, 0.29) is 11.4 Å². The molecular formula is C16H18ClN3O. The van der Waals surface area contributed by atoms with Crippen molar-refractivity contribution in [1.29, 1.82) is 0 Å². The Bertz CT molecular complexity index is 615. The lowest BCUT2D eigenvalue weighted by Crippen LogP contribution is -2.26. The van der Waals surface area contributed by atoms with Crippen molar-refractivity contribution in [2.24, 2.45) is 0 Å². The van der Waals surface area contributed by atoms with Crippen LogP contribution in [0.25, 0.3) is 0 Å². The van der Waals surface area contributed by atoms with E-state index in [1.165, 1.54) is 0 Å². The van der Waals surface area contributed by atoms with Crippen LogP contribution < -0.4 is 10.6 Å². The number of hydrogen-bond donors (Lipinski definition) is 2. The number of anilines is 2. The molecule has 1 heterocycles. The van der Waals surface area contributed by atoms with Crippen LogP contribution >= 0.6 is 11.6 Å². The predicted molar refractivity (Wildman–Crippen MR) is 87.0 cm³/mol. The van der Waals surface area contributed by atoms with E-state index in [0.29, 0.717) is 16.4 Å². The molecule has 0 radical (unpaired) electrons. The van der Waals surface area contributed by atoms with Gasteiger partial charge in [0.15, 0.2) is 0 Å². The Morgan fingerprint density at radius 1 is 1.05 bits per heavy atom. The molecule has 0 bridgehead atoms. The molecule has 1 aromatic carbocycles. The first-order valence-electron chi connectivity index (χ1n) is 6.65. The first-order valence-corrected chi connectivity index (χ1v) is 7.02. The van der Waals surface area contributed by atoms with Gasteiger partial charge in [0.1, 0.15) is 5.69 Å². The molecule has 0 atom stereocenters. The van der Waals surface area contributed by atoms with Crippen LogP contribution in [-0.4, -0.2) is 16.4 Å². The van der Waals surface area contributed by atoms with E-state index in [1.54, 1.807) is 36.5 Å². The quantitative estimate of drug-likeness (QED) is 0.893. The minimum absolute atomic E-state index is 0.0469.